The van der Waals surface area contributed by atoms with Gasteiger partial charge in [-0.05, 0) is 24.5 Å². The number of rotatable bonds is 3. The Balaban J connectivity index is 2.05. The Morgan fingerprint density at radius 2 is 2.17 bits per heavy atom. The molecule has 98 valence electrons. The third-order valence-corrected chi connectivity index (χ3v) is 3.56. The van der Waals surface area contributed by atoms with Crippen LogP contribution >= 0.6 is 0 Å². The van der Waals surface area contributed by atoms with Crippen LogP contribution in [0, 0.1) is 12.8 Å². The number of benzene rings is 1. The highest BCUT2D eigenvalue weighted by molar-refractivity contribution is 5.70. The van der Waals surface area contributed by atoms with Gasteiger partial charge in [-0.15, -0.1) is 0 Å². The van der Waals surface area contributed by atoms with Crippen LogP contribution in [-0.4, -0.2) is 35.1 Å². The predicted octanol–water partition coefficient (Wildman–Crippen LogP) is 1.23. The number of carbonyl (C=O) groups is 1. The minimum atomic E-state index is -0.736. The lowest BCUT2D eigenvalue weighted by Gasteiger charge is -2.34. The SMILES string of the molecule is Cc1ccccc1CN1CC(N)CC(C(=O)O)C1. The smallest absolute Gasteiger partial charge is 0.307 e. The average Bonchev–Trinajstić information content (AvgIpc) is 2.31. The number of aryl methyl sites for hydroxylation is 1. The molecule has 0 bridgehead atoms. The van der Waals surface area contributed by atoms with Gasteiger partial charge in [-0.1, -0.05) is 24.3 Å². The maximum Gasteiger partial charge on any atom is 0.307 e. The van der Waals surface area contributed by atoms with Crippen molar-refractivity contribution in [3.63, 3.8) is 0 Å². The summed E-state index contributed by atoms with van der Waals surface area (Å²) in [6.07, 6.45) is 0.583. The van der Waals surface area contributed by atoms with Crippen LogP contribution in [0.3, 0.4) is 0 Å². The fraction of sp³-hybridized carbons (Fsp3) is 0.500. The van der Waals surface area contributed by atoms with Crippen LogP contribution in [-0.2, 0) is 11.3 Å². The molecule has 1 saturated heterocycles. The van der Waals surface area contributed by atoms with E-state index in [1.165, 1.54) is 11.1 Å². The molecule has 1 aliphatic rings. The Kier molecular flexibility index (Phi) is 3.99. The first-order valence-electron chi connectivity index (χ1n) is 6.31. The molecule has 2 rings (SSSR count). The molecular weight excluding hydrogens is 228 g/mol. The van der Waals surface area contributed by atoms with E-state index < -0.39 is 5.97 Å². The molecule has 0 amide bonds. The maximum absolute atomic E-state index is 11.1. The fourth-order valence-corrected chi connectivity index (χ4v) is 2.57. The van der Waals surface area contributed by atoms with Gasteiger partial charge in [0.2, 0.25) is 0 Å². The van der Waals surface area contributed by atoms with E-state index in [1.807, 2.05) is 12.1 Å². The Morgan fingerprint density at radius 3 is 2.83 bits per heavy atom. The molecule has 0 radical (unpaired) electrons. The van der Waals surface area contributed by atoms with E-state index in [0.717, 1.165) is 13.1 Å². The Labute approximate surface area is 107 Å². The summed E-state index contributed by atoms with van der Waals surface area (Å²) in [6.45, 7) is 4.23. The first-order chi connectivity index (χ1) is 8.56. The van der Waals surface area contributed by atoms with E-state index in [2.05, 4.69) is 24.0 Å². The van der Waals surface area contributed by atoms with Crippen molar-refractivity contribution in [2.75, 3.05) is 13.1 Å². The van der Waals surface area contributed by atoms with E-state index >= 15 is 0 Å². The van der Waals surface area contributed by atoms with Crippen molar-refractivity contribution in [3.8, 4) is 0 Å². The molecule has 0 aromatic heterocycles. The van der Waals surface area contributed by atoms with Gasteiger partial charge in [0.05, 0.1) is 5.92 Å². The number of hydrogen-bond acceptors (Lipinski definition) is 3. The van der Waals surface area contributed by atoms with Crippen molar-refractivity contribution in [2.24, 2.45) is 11.7 Å². The molecule has 3 N–H and O–H groups in total. The van der Waals surface area contributed by atoms with E-state index in [9.17, 15) is 4.79 Å². The van der Waals surface area contributed by atoms with Gasteiger partial charge in [-0.25, -0.2) is 0 Å². The molecule has 1 heterocycles. The van der Waals surface area contributed by atoms with Crippen molar-refractivity contribution >= 4 is 5.97 Å². The van der Waals surface area contributed by atoms with Gasteiger partial charge >= 0.3 is 5.97 Å². The van der Waals surface area contributed by atoms with Gasteiger partial charge in [-0.3, -0.25) is 9.69 Å². The zero-order valence-corrected chi connectivity index (χ0v) is 10.7. The van der Waals surface area contributed by atoms with Crippen molar-refractivity contribution in [1.29, 1.82) is 0 Å². The lowest BCUT2D eigenvalue weighted by Crippen LogP contribution is -2.48. The number of likely N-dealkylation sites (tertiary alicyclic amines) is 1. The molecule has 18 heavy (non-hydrogen) atoms. The van der Waals surface area contributed by atoms with Crippen LogP contribution in [0.5, 0.6) is 0 Å². The molecule has 0 saturated carbocycles. The van der Waals surface area contributed by atoms with Crippen LogP contribution in [0.4, 0.5) is 0 Å². The summed E-state index contributed by atoms with van der Waals surface area (Å²) in [5.74, 6) is -1.07. The summed E-state index contributed by atoms with van der Waals surface area (Å²) in [6, 6.07) is 8.16. The molecule has 4 nitrogen and oxygen atoms in total. The second-order valence-corrected chi connectivity index (χ2v) is 5.15. The summed E-state index contributed by atoms with van der Waals surface area (Å²) >= 11 is 0. The molecular formula is C14H20N2O2. The maximum atomic E-state index is 11.1. The number of aliphatic carboxylic acids is 1. The van der Waals surface area contributed by atoms with E-state index in [4.69, 9.17) is 10.8 Å². The molecule has 2 atom stereocenters. The fourth-order valence-electron chi connectivity index (χ4n) is 2.57. The normalized spacial score (nSPS) is 25.0. The summed E-state index contributed by atoms with van der Waals surface area (Å²) in [5.41, 5.74) is 8.43. The number of nitrogens with two attached hydrogens (primary N) is 1. The quantitative estimate of drug-likeness (QED) is 0.844. The van der Waals surface area contributed by atoms with Crippen LogP contribution in [0.25, 0.3) is 0 Å². The lowest BCUT2D eigenvalue weighted by molar-refractivity contribution is -0.144. The van der Waals surface area contributed by atoms with Gasteiger partial charge in [0.15, 0.2) is 0 Å². The Hall–Kier alpha value is -1.39. The van der Waals surface area contributed by atoms with Crippen molar-refractivity contribution in [3.05, 3.63) is 35.4 Å². The highest BCUT2D eigenvalue weighted by Gasteiger charge is 2.29. The van der Waals surface area contributed by atoms with Crippen molar-refractivity contribution in [2.45, 2.75) is 25.9 Å². The molecule has 0 aliphatic carbocycles. The summed E-state index contributed by atoms with van der Waals surface area (Å²) < 4.78 is 0. The van der Waals surface area contributed by atoms with Gasteiger partial charge in [-0.2, -0.15) is 0 Å². The largest absolute Gasteiger partial charge is 0.481 e. The number of carboxylic acids is 1. The first kappa shape index (κ1) is 13.1. The molecule has 0 spiro atoms. The van der Waals surface area contributed by atoms with Crippen molar-refractivity contribution in [1.82, 2.24) is 4.90 Å². The zero-order chi connectivity index (χ0) is 13.1. The molecule has 1 aromatic carbocycles. The van der Waals surface area contributed by atoms with Gasteiger partial charge < -0.3 is 10.8 Å². The molecule has 1 aliphatic heterocycles. The number of nitrogens with zero attached hydrogens (tertiary/aromatic N) is 1. The molecule has 1 aromatic rings. The average molecular weight is 248 g/mol. The Bertz CT molecular complexity index is 434. The number of hydrogen-bond donors (Lipinski definition) is 2. The third kappa shape index (κ3) is 3.09. The standard InChI is InChI=1S/C14H20N2O2/c1-10-4-2-3-5-11(10)7-16-8-12(14(17)18)6-13(15)9-16/h2-5,12-13H,6-9,15H2,1H3,(H,17,18). The minimum absolute atomic E-state index is 0.0381. The first-order valence-corrected chi connectivity index (χ1v) is 6.31. The minimum Gasteiger partial charge on any atom is -0.481 e. The van der Waals surface area contributed by atoms with E-state index in [1.54, 1.807) is 0 Å². The van der Waals surface area contributed by atoms with E-state index in [0.29, 0.717) is 13.0 Å². The topological polar surface area (TPSA) is 66.6 Å². The van der Waals surface area contributed by atoms with Crippen LogP contribution in [0.2, 0.25) is 0 Å². The third-order valence-electron chi connectivity index (χ3n) is 3.56. The zero-order valence-electron chi connectivity index (χ0n) is 10.7. The summed E-state index contributed by atoms with van der Waals surface area (Å²) in [7, 11) is 0. The second-order valence-electron chi connectivity index (χ2n) is 5.15. The summed E-state index contributed by atoms with van der Waals surface area (Å²) in [5, 5.41) is 9.11. The second kappa shape index (κ2) is 5.50. The number of carboxylic acid groups (broad SMARTS) is 1. The van der Waals surface area contributed by atoms with Crippen molar-refractivity contribution < 1.29 is 9.90 Å². The molecule has 4 heteroatoms. The lowest BCUT2D eigenvalue weighted by atomic mass is 9.94. The highest BCUT2D eigenvalue weighted by atomic mass is 16.4. The monoisotopic (exact) mass is 248 g/mol. The number of piperidine rings is 1. The van der Waals surface area contributed by atoms with Crippen LogP contribution in [0.1, 0.15) is 17.5 Å². The van der Waals surface area contributed by atoms with Crippen LogP contribution < -0.4 is 5.73 Å². The van der Waals surface area contributed by atoms with Gasteiger partial charge in [0.1, 0.15) is 0 Å². The summed E-state index contributed by atoms with van der Waals surface area (Å²) in [4.78, 5) is 13.2. The highest BCUT2D eigenvalue weighted by Crippen LogP contribution is 2.19. The Morgan fingerprint density at radius 1 is 1.44 bits per heavy atom. The van der Waals surface area contributed by atoms with Crippen LogP contribution in [0.15, 0.2) is 24.3 Å². The van der Waals surface area contributed by atoms with E-state index in [-0.39, 0.29) is 12.0 Å². The predicted molar refractivity (Wildman–Crippen MR) is 70.2 cm³/mol. The van der Waals surface area contributed by atoms with Gasteiger partial charge in [0, 0.05) is 25.7 Å². The molecule has 1 fully saturated rings. The van der Waals surface area contributed by atoms with Gasteiger partial charge in [0.25, 0.3) is 0 Å². The molecule has 2 unspecified atom stereocenters.